The maximum Gasteiger partial charge on any atom is 0.127 e. The highest BCUT2D eigenvalue weighted by atomic mass is 35.5. The zero-order valence-electron chi connectivity index (χ0n) is 10.8. The van der Waals surface area contributed by atoms with Gasteiger partial charge in [0.1, 0.15) is 5.82 Å². The molecule has 0 unspecified atom stereocenters. The monoisotopic (exact) mass is 257 g/mol. The minimum absolute atomic E-state index is 0.0941. The molecule has 0 bridgehead atoms. The van der Waals surface area contributed by atoms with Crippen LogP contribution in [0.4, 0.5) is 4.39 Å². The minimum Gasteiger partial charge on any atom is -0.317 e. The lowest BCUT2D eigenvalue weighted by Crippen LogP contribution is -2.24. The molecule has 0 amide bonds. The summed E-state index contributed by atoms with van der Waals surface area (Å²) in [5.74, 6) is -0.200. The van der Waals surface area contributed by atoms with Gasteiger partial charge in [-0.2, -0.15) is 0 Å². The van der Waals surface area contributed by atoms with Gasteiger partial charge in [-0.1, -0.05) is 38.4 Å². The molecule has 0 fully saturated rings. The van der Waals surface area contributed by atoms with E-state index in [-0.39, 0.29) is 11.2 Å². The molecule has 1 aromatic carbocycles. The standard InChI is InChI=1S/C14H21ClFN/c1-4-17-8-7-14(2,3)10-11-5-6-12(15)9-13(11)16/h5-6,9,17H,4,7-8,10H2,1-3H3. The van der Waals surface area contributed by atoms with Crippen LogP contribution in [0.1, 0.15) is 32.8 Å². The van der Waals surface area contributed by atoms with E-state index in [1.807, 2.05) is 0 Å². The number of benzene rings is 1. The topological polar surface area (TPSA) is 12.0 Å². The molecule has 1 nitrogen and oxygen atoms in total. The van der Waals surface area contributed by atoms with Crippen molar-refractivity contribution in [2.75, 3.05) is 13.1 Å². The van der Waals surface area contributed by atoms with Crippen LogP contribution in [0.2, 0.25) is 5.02 Å². The normalized spacial score (nSPS) is 11.8. The summed E-state index contributed by atoms with van der Waals surface area (Å²) >= 11 is 5.74. The van der Waals surface area contributed by atoms with Crippen LogP contribution in [0.15, 0.2) is 18.2 Å². The van der Waals surface area contributed by atoms with Crippen molar-refractivity contribution < 1.29 is 4.39 Å². The van der Waals surface area contributed by atoms with Crippen molar-refractivity contribution in [3.05, 3.63) is 34.6 Å². The van der Waals surface area contributed by atoms with E-state index in [1.54, 1.807) is 12.1 Å². The van der Waals surface area contributed by atoms with E-state index < -0.39 is 0 Å². The fourth-order valence-corrected chi connectivity index (χ4v) is 2.03. The van der Waals surface area contributed by atoms with E-state index in [0.717, 1.165) is 31.5 Å². The van der Waals surface area contributed by atoms with Crippen LogP contribution in [0.5, 0.6) is 0 Å². The van der Waals surface area contributed by atoms with Gasteiger partial charge in [0.05, 0.1) is 0 Å². The van der Waals surface area contributed by atoms with Crippen LogP contribution in [-0.4, -0.2) is 13.1 Å². The molecule has 0 aliphatic carbocycles. The first-order valence-electron chi connectivity index (χ1n) is 6.09. The molecule has 0 aliphatic rings. The molecule has 1 aromatic rings. The molecule has 1 N–H and O–H groups in total. The average Bonchev–Trinajstić information content (AvgIpc) is 2.22. The van der Waals surface area contributed by atoms with Crippen LogP contribution in [0.25, 0.3) is 0 Å². The summed E-state index contributed by atoms with van der Waals surface area (Å²) in [5, 5.41) is 3.75. The Bertz CT molecular complexity index is 363. The molecule has 0 atom stereocenters. The quantitative estimate of drug-likeness (QED) is 0.759. The third-order valence-electron chi connectivity index (χ3n) is 2.91. The molecular formula is C14H21ClFN. The molecule has 0 saturated heterocycles. The first kappa shape index (κ1) is 14.5. The van der Waals surface area contributed by atoms with E-state index >= 15 is 0 Å². The summed E-state index contributed by atoms with van der Waals surface area (Å²) in [6, 6.07) is 4.92. The van der Waals surface area contributed by atoms with Crippen molar-refractivity contribution in [1.82, 2.24) is 5.32 Å². The molecule has 17 heavy (non-hydrogen) atoms. The predicted octanol–water partition coefficient (Wildman–Crippen LogP) is 4.05. The Labute approximate surface area is 108 Å². The van der Waals surface area contributed by atoms with Crippen molar-refractivity contribution >= 4 is 11.6 Å². The lowest BCUT2D eigenvalue weighted by atomic mass is 9.82. The molecule has 0 aliphatic heterocycles. The molecular weight excluding hydrogens is 237 g/mol. The summed E-state index contributed by atoms with van der Waals surface area (Å²) in [5.41, 5.74) is 0.840. The maximum atomic E-state index is 13.7. The zero-order chi connectivity index (χ0) is 12.9. The highest BCUT2D eigenvalue weighted by molar-refractivity contribution is 6.30. The number of nitrogens with one attached hydrogen (secondary N) is 1. The number of hydrogen-bond donors (Lipinski definition) is 1. The largest absolute Gasteiger partial charge is 0.317 e. The van der Waals surface area contributed by atoms with Gasteiger partial charge in [-0.3, -0.25) is 0 Å². The van der Waals surface area contributed by atoms with Gasteiger partial charge >= 0.3 is 0 Å². The minimum atomic E-state index is -0.200. The van der Waals surface area contributed by atoms with E-state index in [0.29, 0.717) is 5.02 Å². The fraction of sp³-hybridized carbons (Fsp3) is 0.571. The van der Waals surface area contributed by atoms with Crippen LogP contribution in [-0.2, 0) is 6.42 Å². The van der Waals surface area contributed by atoms with Gasteiger partial charge in [-0.15, -0.1) is 0 Å². The lowest BCUT2D eigenvalue weighted by molar-refractivity contribution is 0.322. The molecule has 0 radical (unpaired) electrons. The second-order valence-electron chi connectivity index (χ2n) is 5.18. The summed E-state index contributed by atoms with van der Waals surface area (Å²) in [6.45, 7) is 8.37. The Morgan fingerprint density at radius 2 is 2.06 bits per heavy atom. The summed E-state index contributed by atoms with van der Waals surface area (Å²) in [7, 11) is 0. The van der Waals surface area contributed by atoms with Crippen LogP contribution >= 0.6 is 11.6 Å². The van der Waals surface area contributed by atoms with Crippen LogP contribution in [0.3, 0.4) is 0 Å². The van der Waals surface area contributed by atoms with Crippen molar-refractivity contribution in [3.8, 4) is 0 Å². The molecule has 0 saturated carbocycles. The molecule has 96 valence electrons. The summed E-state index contributed by atoms with van der Waals surface area (Å²) in [6.07, 6.45) is 1.77. The Balaban J connectivity index is 2.62. The van der Waals surface area contributed by atoms with Crippen molar-refractivity contribution in [1.29, 1.82) is 0 Å². The highest BCUT2D eigenvalue weighted by Crippen LogP contribution is 2.27. The number of halogens is 2. The van der Waals surface area contributed by atoms with E-state index in [1.165, 1.54) is 6.07 Å². The maximum absolute atomic E-state index is 13.7. The third kappa shape index (κ3) is 5.05. The highest BCUT2D eigenvalue weighted by Gasteiger charge is 2.19. The third-order valence-corrected chi connectivity index (χ3v) is 3.15. The fourth-order valence-electron chi connectivity index (χ4n) is 1.87. The van der Waals surface area contributed by atoms with Crippen molar-refractivity contribution in [3.63, 3.8) is 0 Å². The van der Waals surface area contributed by atoms with Crippen molar-refractivity contribution in [2.24, 2.45) is 5.41 Å². The zero-order valence-corrected chi connectivity index (χ0v) is 11.6. The Hall–Kier alpha value is -0.600. The van der Waals surface area contributed by atoms with Gasteiger partial charge in [-0.25, -0.2) is 4.39 Å². The predicted molar refractivity (Wildman–Crippen MR) is 72.1 cm³/mol. The molecule has 0 spiro atoms. The van der Waals surface area contributed by atoms with E-state index in [4.69, 9.17) is 11.6 Å². The second kappa shape index (κ2) is 6.36. The molecule has 0 aromatic heterocycles. The first-order chi connectivity index (χ1) is 7.94. The Kier molecular flexibility index (Phi) is 5.41. The Morgan fingerprint density at radius 3 is 2.65 bits per heavy atom. The summed E-state index contributed by atoms with van der Waals surface area (Å²) < 4.78 is 13.7. The van der Waals surface area contributed by atoms with E-state index in [2.05, 4.69) is 26.1 Å². The molecule has 0 heterocycles. The molecule has 1 rings (SSSR count). The Morgan fingerprint density at radius 1 is 1.35 bits per heavy atom. The van der Waals surface area contributed by atoms with Crippen LogP contribution < -0.4 is 5.32 Å². The average molecular weight is 258 g/mol. The van der Waals surface area contributed by atoms with Gasteiger partial charge in [0.15, 0.2) is 0 Å². The number of rotatable bonds is 6. The van der Waals surface area contributed by atoms with Gasteiger partial charge in [-0.05, 0) is 49.0 Å². The first-order valence-corrected chi connectivity index (χ1v) is 6.47. The lowest BCUT2D eigenvalue weighted by Gasteiger charge is -2.25. The summed E-state index contributed by atoms with van der Waals surface area (Å²) in [4.78, 5) is 0. The smallest absolute Gasteiger partial charge is 0.127 e. The van der Waals surface area contributed by atoms with Gasteiger partial charge in [0, 0.05) is 5.02 Å². The van der Waals surface area contributed by atoms with Crippen LogP contribution in [0, 0.1) is 11.2 Å². The van der Waals surface area contributed by atoms with Gasteiger partial charge < -0.3 is 5.32 Å². The number of hydrogen-bond acceptors (Lipinski definition) is 1. The van der Waals surface area contributed by atoms with Gasteiger partial charge in [0.25, 0.3) is 0 Å². The second-order valence-corrected chi connectivity index (χ2v) is 5.62. The molecule has 3 heteroatoms. The van der Waals surface area contributed by atoms with Crippen molar-refractivity contribution in [2.45, 2.75) is 33.6 Å². The van der Waals surface area contributed by atoms with E-state index in [9.17, 15) is 4.39 Å². The SMILES string of the molecule is CCNCCC(C)(C)Cc1ccc(Cl)cc1F. The van der Waals surface area contributed by atoms with Gasteiger partial charge in [0.2, 0.25) is 0 Å².